The second-order valence-electron chi connectivity index (χ2n) is 3.70. The molecule has 0 fully saturated rings. The fraction of sp³-hybridized carbons (Fsp3) is 0. The monoisotopic (exact) mass is 298 g/mol. The molecular weight excluding hydrogens is 290 g/mol. The third-order valence-electron chi connectivity index (χ3n) is 2.32. The molecular formula is C11H8F2N4O2S. The Labute approximate surface area is 115 Å². The number of rotatable bonds is 3. The predicted octanol–water partition coefficient (Wildman–Crippen LogP) is 1.35. The van der Waals surface area contributed by atoms with Gasteiger partial charge in [0, 0.05) is 11.4 Å². The molecule has 0 aliphatic carbocycles. The topological polar surface area (TPSA) is 111 Å². The van der Waals surface area contributed by atoms with Crippen LogP contribution in [0, 0.1) is 11.6 Å². The number of halogens is 2. The van der Waals surface area contributed by atoms with E-state index in [1.165, 1.54) is 5.38 Å². The molecule has 0 radical (unpaired) electrons. The molecule has 6 nitrogen and oxygen atoms in total. The first kappa shape index (κ1) is 13.9. The number of hydrogen-bond donors (Lipinski definition) is 3. The number of nitrogens with zero attached hydrogens (tertiary/aromatic N) is 1. The van der Waals surface area contributed by atoms with Crippen LogP contribution in [0.2, 0.25) is 0 Å². The summed E-state index contributed by atoms with van der Waals surface area (Å²) in [6, 6.07) is 1.28. The second-order valence-corrected chi connectivity index (χ2v) is 4.59. The number of nitrogens with one attached hydrogen (secondary N) is 1. The van der Waals surface area contributed by atoms with Crippen molar-refractivity contribution < 1.29 is 18.4 Å². The van der Waals surface area contributed by atoms with Crippen LogP contribution in [0.3, 0.4) is 0 Å². The Balaban J connectivity index is 2.31. The number of aromatic nitrogens is 1. The van der Waals surface area contributed by atoms with Gasteiger partial charge >= 0.3 is 0 Å². The smallest absolute Gasteiger partial charge is 0.275 e. The predicted molar refractivity (Wildman–Crippen MR) is 69.4 cm³/mol. The lowest BCUT2D eigenvalue weighted by atomic mass is 10.1. The maximum absolute atomic E-state index is 13.5. The number of benzene rings is 1. The highest BCUT2D eigenvalue weighted by Crippen LogP contribution is 2.20. The van der Waals surface area contributed by atoms with E-state index >= 15 is 0 Å². The van der Waals surface area contributed by atoms with Crippen LogP contribution in [0.1, 0.15) is 20.8 Å². The van der Waals surface area contributed by atoms with Crippen molar-refractivity contribution >= 4 is 34.0 Å². The van der Waals surface area contributed by atoms with Crippen LogP contribution >= 0.6 is 11.3 Å². The summed E-state index contributed by atoms with van der Waals surface area (Å²) in [7, 11) is 0. The molecule has 9 heteroatoms. The largest absolute Gasteiger partial charge is 0.375 e. The Kier molecular flexibility index (Phi) is 3.61. The van der Waals surface area contributed by atoms with Crippen LogP contribution in [-0.4, -0.2) is 16.8 Å². The van der Waals surface area contributed by atoms with Crippen LogP contribution < -0.4 is 16.8 Å². The number of anilines is 2. The van der Waals surface area contributed by atoms with Crippen molar-refractivity contribution in [3.63, 3.8) is 0 Å². The number of nitrogen functional groups attached to an aromatic ring is 1. The minimum absolute atomic E-state index is 0.0168. The average Bonchev–Trinajstić information content (AvgIpc) is 2.79. The molecule has 0 saturated carbocycles. The van der Waals surface area contributed by atoms with Gasteiger partial charge in [0.2, 0.25) is 0 Å². The van der Waals surface area contributed by atoms with Gasteiger partial charge < -0.3 is 16.8 Å². The van der Waals surface area contributed by atoms with Crippen molar-refractivity contribution in [3.05, 3.63) is 40.4 Å². The molecule has 0 bridgehead atoms. The lowest BCUT2D eigenvalue weighted by Crippen LogP contribution is -2.17. The van der Waals surface area contributed by atoms with Crippen molar-refractivity contribution in [1.29, 1.82) is 0 Å². The van der Waals surface area contributed by atoms with Crippen molar-refractivity contribution in [1.82, 2.24) is 4.98 Å². The third-order valence-corrected chi connectivity index (χ3v) is 3.00. The molecule has 20 heavy (non-hydrogen) atoms. The second kappa shape index (κ2) is 5.21. The first-order valence-electron chi connectivity index (χ1n) is 5.19. The van der Waals surface area contributed by atoms with Gasteiger partial charge in [-0.05, 0) is 6.07 Å². The Morgan fingerprint density at radius 1 is 1.25 bits per heavy atom. The summed E-state index contributed by atoms with van der Waals surface area (Å²) in [5.41, 5.74) is 9.38. The normalized spacial score (nSPS) is 10.3. The van der Waals surface area contributed by atoms with E-state index in [2.05, 4.69) is 10.3 Å². The van der Waals surface area contributed by atoms with Gasteiger partial charge in [0.05, 0.1) is 11.3 Å². The van der Waals surface area contributed by atoms with E-state index in [1.807, 2.05) is 0 Å². The minimum Gasteiger partial charge on any atom is -0.375 e. The van der Waals surface area contributed by atoms with E-state index in [0.29, 0.717) is 6.07 Å². The molecule has 5 N–H and O–H groups in total. The molecule has 0 unspecified atom stereocenters. The van der Waals surface area contributed by atoms with E-state index in [9.17, 15) is 18.4 Å². The first-order valence-corrected chi connectivity index (χ1v) is 6.07. The SMILES string of the molecule is NC(=O)c1cc(NC(=O)c2csc(N)n2)c(F)cc1F. The van der Waals surface area contributed by atoms with Crippen LogP contribution in [-0.2, 0) is 0 Å². The summed E-state index contributed by atoms with van der Waals surface area (Å²) in [6.07, 6.45) is 0. The summed E-state index contributed by atoms with van der Waals surface area (Å²) in [5, 5.41) is 3.71. The third kappa shape index (κ3) is 2.72. The number of carbonyl (C=O) groups excluding carboxylic acids is 2. The first-order chi connectivity index (χ1) is 9.38. The molecule has 1 heterocycles. The van der Waals surface area contributed by atoms with Crippen LogP contribution in [0.5, 0.6) is 0 Å². The zero-order valence-electron chi connectivity index (χ0n) is 9.81. The van der Waals surface area contributed by atoms with E-state index in [1.54, 1.807) is 0 Å². The highest BCUT2D eigenvalue weighted by molar-refractivity contribution is 7.13. The molecule has 0 aliphatic rings. The maximum atomic E-state index is 13.5. The van der Waals surface area contributed by atoms with Gasteiger partial charge in [0.15, 0.2) is 5.13 Å². The quantitative estimate of drug-likeness (QED) is 0.794. The Hall–Kier alpha value is -2.55. The molecule has 104 valence electrons. The van der Waals surface area contributed by atoms with Crippen LogP contribution in [0.15, 0.2) is 17.5 Å². The highest BCUT2D eigenvalue weighted by Gasteiger charge is 2.17. The Morgan fingerprint density at radius 3 is 2.50 bits per heavy atom. The van der Waals surface area contributed by atoms with Crippen LogP contribution in [0.4, 0.5) is 19.6 Å². The van der Waals surface area contributed by atoms with Gasteiger partial charge in [0.25, 0.3) is 11.8 Å². The van der Waals surface area contributed by atoms with Crippen molar-refractivity contribution in [2.24, 2.45) is 5.73 Å². The number of primary amides is 1. The van der Waals surface area contributed by atoms with Crippen molar-refractivity contribution in [2.45, 2.75) is 0 Å². The van der Waals surface area contributed by atoms with E-state index in [-0.39, 0.29) is 16.5 Å². The zero-order valence-corrected chi connectivity index (χ0v) is 10.6. The number of carbonyl (C=O) groups is 2. The van der Waals surface area contributed by atoms with Gasteiger partial charge in [-0.3, -0.25) is 9.59 Å². The molecule has 0 saturated heterocycles. The molecule has 2 aromatic rings. The minimum atomic E-state index is -1.11. The summed E-state index contributed by atoms with van der Waals surface area (Å²) >= 11 is 1.04. The van der Waals surface area contributed by atoms with Gasteiger partial charge in [0.1, 0.15) is 17.3 Å². The lowest BCUT2D eigenvalue weighted by molar-refractivity contribution is 0.0992. The average molecular weight is 298 g/mol. The number of hydrogen-bond acceptors (Lipinski definition) is 5. The molecule has 2 amide bonds. The van der Waals surface area contributed by atoms with Crippen molar-refractivity contribution in [3.8, 4) is 0 Å². The standard InChI is InChI=1S/C11H8F2N4O2S/c12-5-2-6(13)7(1-4(5)9(14)18)16-10(19)8-3-20-11(15)17-8/h1-3H,(H2,14,18)(H2,15,17)(H,16,19). The molecule has 0 atom stereocenters. The number of amides is 2. The summed E-state index contributed by atoms with van der Waals surface area (Å²) in [4.78, 5) is 26.4. The maximum Gasteiger partial charge on any atom is 0.275 e. The van der Waals surface area contributed by atoms with Crippen LogP contribution in [0.25, 0.3) is 0 Å². The van der Waals surface area contributed by atoms with Gasteiger partial charge in [-0.1, -0.05) is 0 Å². The van der Waals surface area contributed by atoms with E-state index in [4.69, 9.17) is 11.5 Å². The molecule has 0 spiro atoms. The highest BCUT2D eigenvalue weighted by atomic mass is 32.1. The fourth-order valence-electron chi connectivity index (χ4n) is 1.41. The number of thiazole rings is 1. The molecule has 0 aliphatic heterocycles. The zero-order chi connectivity index (χ0) is 14.9. The summed E-state index contributed by atoms with van der Waals surface area (Å²) in [5.74, 6) is -3.95. The van der Waals surface area contributed by atoms with Gasteiger partial charge in [-0.2, -0.15) is 0 Å². The number of nitrogens with two attached hydrogens (primary N) is 2. The Morgan fingerprint density at radius 2 is 1.95 bits per heavy atom. The molecule has 1 aromatic carbocycles. The lowest BCUT2D eigenvalue weighted by Gasteiger charge is -2.07. The molecule has 1 aromatic heterocycles. The van der Waals surface area contributed by atoms with Crippen molar-refractivity contribution in [2.75, 3.05) is 11.1 Å². The van der Waals surface area contributed by atoms with Gasteiger partial charge in [-0.15, -0.1) is 11.3 Å². The van der Waals surface area contributed by atoms with Gasteiger partial charge in [-0.25, -0.2) is 13.8 Å². The summed E-state index contributed by atoms with van der Waals surface area (Å²) in [6.45, 7) is 0. The van der Waals surface area contributed by atoms with E-state index < -0.39 is 29.0 Å². The Bertz CT molecular complexity index is 702. The molecule has 2 rings (SSSR count). The summed E-state index contributed by atoms with van der Waals surface area (Å²) < 4.78 is 26.8. The van der Waals surface area contributed by atoms with E-state index in [0.717, 1.165) is 17.4 Å². The fourth-order valence-corrected chi connectivity index (χ4v) is 1.96.